The monoisotopic (exact) mass is 1360 g/mol. The average molecular weight is 1370 g/mol. The van der Waals surface area contributed by atoms with Gasteiger partial charge in [0.1, 0.15) is 120 Å². The van der Waals surface area contributed by atoms with Gasteiger partial charge in [-0.1, -0.05) is 98.5 Å². The topological polar surface area (TPSA) is 326 Å². The number of hydrogen-bond acceptors (Lipinski definition) is 20. The first-order valence-corrected chi connectivity index (χ1v) is 29.2. The Labute approximate surface area is 542 Å². The van der Waals surface area contributed by atoms with Gasteiger partial charge >= 0.3 is 0 Å². The van der Waals surface area contributed by atoms with E-state index in [0.29, 0.717) is 53.4 Å². The molecule has 9 aromatic rings. The van der Waals surface area contributed by atoms with Crippen molar-refractivity contribution in [3.63, 3.8) is 0 Å². The van der Waals surface area contributed by atoms with Crippen molar-refractivity contribution in [3.8, 4) is 0 Å². The zero-order chi connectivity index (χ0) is 62.0. The number of aliphatic hydroxyl groups is 7. The summed E-state index contributed by atoms with van der Waals surface area (Å²) in [5.41, 5.74) is 12.1. The molecule has 0 radical (unpaired) electrons. The number of benzene rings is 3. The van der Waals surface area contributed by atoms with Crippen LogP contribution >= 0.6 is 58.0 Å². The number of aromatic nitrogens is 9. The molecule has 3 fully saturated rings. The van der Waals surface area contributed by atoms with Crippen molar-refractivity contribution in [2.45, 2.75) is 134 Å². The molecule has 3 aromatic carbocycles. The first-order chi connectivity index (χ1) is 42.3. The van der Waals surface area contributed by atoms with Crippen LogP contribution in [-0.2, 0) is 47.7 Å². The van der Waals surface area contributed by atoms with E-state index in [-0.39, 0.29) is 65.9 Å². The largest absolute Gasteiger partial charge is 0.387 e. The van der Waals surface area contributed by atoms with Crippen molar-refractivity contribution in [2.75, 3.05) is 25.6 Å². The van der Waals surface area contributed by atoms with E-state index in [1.807, 2.05) is 36.4 Å². The molecule has 15 rings (SSSR count). The maximum Gasteiger partial charge on any atom is 0.184 e. The van der Waals surface area contributed by atoms with Crippen LogP contribution in [0.1, 0.15) is 86.4 Å². The molecule has 6 aliphatic rings. The lowest BCUT2D eigenvalue weighted by molar-refractivity contribution is -0.158. The van der Waals surface area contributed by atoms with Crippen LogP contribution < -0.4 is 5.73 Å². The van der Waals surface area contributed by atoms with Gasteiger partial charge in [0.25, 0.3) is 0 Å². The number of hydrogen-bond donors (Lipinski definition) is 9. The van der Waals surface area contributed by atoms with Gasteiger partial charge in [-0.15, -0.1) is 0 Å². The summed E-state index contributed by atoms with van der Waals surface area (Å²) in [6.07, 6.45) is -6.19. The number of aromatic amines is 1. The highest BCUT2D eigenvalue weighted by atomic mass is 35.5. The molecule has 15 atom stereocenters. The van der Waals surface area contributed by atoms with Crippen molar-refractivity contribution in [3.05, 3.63) is 168 Å². The SMILES string of the molecule is C.C.C.Fc1c[nH]c2ncnc(Cl)c12.Nc1ncnc2c1c(F)cn2[C@@H]1O[C@H]([C@@H]2OCCc3cc(Cl)ccc32)[C@@H](O)[C@H]1O.OC1O[C@H]([C@@H]2OCCc3cc(Cl)ccc32)[C@@H](O)[C@H]1O.O[C@@H]1[C@H](O)[C@@H]([C@@H]2OCCc3cc(Cl)ccc32)O[C@H]1n1cc(F)c2c(Cl)ncnc21. The van der Waals surface area contributed by atoms with Gasteiger partial charge in [-0.05, 0) is 89.0 Å². The molecular weight excluding hydrogens is 1300 g/mol. The molecule has 10 N–H and O–H groups in total. The second-order valence-electron chi connectivity index (χ2n) is 21.2. The summed E-state index contributed by atoms with van der Waals surface area (Å²) in [7, 11) is 0. The Morgan fingerprint density at radius 1 is 0.473 bits per heavy atom. The smallest absolute Gasteiger partial charge is 0.184 e. The fourth-order valence-electron chi connectivity index (χ4n) is 11.8. The Balaban J connectivity index is 0.000000149. The van der Waals surface area contributed by atoms with E-state index in [0.717, 1.165) is 52.2 Å². The van der Waals surface area contributed by atoms with Crippen molar-refractivity contribution < 1.29 is 77.3 Å². The lowest BCUT2D eigenvalue weighted by atomic mass is 9.92. The molecular formula is C60H64Cl5F3N10O13. The van der Waals surface area contributed by atoms with E-state index in [1.165, 1.54) is 34.3 Å². The first-order valence-electron chi connectivity index (χ1n) is 27.3. The third-order valence-corrected chi connectivity index (χ3v) is 17.3. The van der Waals surface area contributed by atoms with Gasteiger partial charge in [-0.25, -0.2) is 43.1 Å². The molecule has 6 aliphatic heterocycles. The second-order valence-corrected chi connectivity index (χ2v) is 23.2. The normalized spacial score (nSPS) is 28.0. The van der Waals surface area contributed by atoms with Crippen molar-refractivity contribution >= 4 is 96.9 Å². The standard InChI is InChI=1S/C19H16Cl2FN3O4.C19H18ClFN4O4.C13H15ClO5.C6H3ClFN3.3CH4/c20-9-1-2-10-8(5-9)3-4-28-15(10)16-13(26)14(27)19(29-16)25-6-11(22)12-17(21)23-7-24-18(12)25;20-9-1-2-10-8(5-9)3-4-28-15(10)16-13(26)14(27)19(29-16)25-6-11(21)12-17(22)23-7-24-18(12)25;14-7-1-2-8-6(5-7)3-4-18-11(8)12-9(15)10(16)13(17)19-12;7-5-4-3(8)1-9-6(4)11-2-10-5;;;/h1-2,5-7,13-16,19,26-27H,3-4H2;1-2,5-7,13-16,19,26-27H,3-4H2,(H2,22,23,24);1-2,5,9-13,15-17H,3-4H2;1-2H,(H,9,10,11);3*1H4/t2*13-,14+,15+,16-,19+;9-,10+,11+,12-,13?;;;;/m000..../s1. The van der Waals surface area contributed by atoms with Gasteiger partial charge in [-0.2, -0.15) is 0 Å². The first kappa shape index (κ1) is 69.4. The number of nitrogen functional groups attached to an aromatic ring is 1. The Morgan fingerprint density at radius 2 is 0.868 bits per heavy atom. The predicted molar refractivity (Wildman–Crippen MR) is 330 cm³/mol. The van der Waals surface area contributed by atoms with Crippen LogP contribution in [0.3, 0.4) is 0 Å². The van der Waals surface area contributed by atoms with Crippen molar-refractivity contribution in [2.24, 2.45) is 0 Å². The molecule has 3 saturated heterocycles. The number of rotatable bonds is 5. The summed E-state index contributed by atoms with van der Waals surface area (Å²) < 4.78 is 78.9. The Bertz CT molecular complexity index is 3880. The highest BCUT2D eigenvalue weighted by Gasteiger charge is 2.52. The van der Waals surface area contributed by atoms with Crippen LogP contribution in [0.25, 0.3) is 33.1 Å². The number of H-pyrrole nitrogens is 1. The fourth-order valence-corrected chi connectivity index (χ4v) is 12.8. The van der Waals surface area contributed by atoms with Gasteiger partial charge in [0.2, 0.25) is 0 Å². The average Bonchev–Trinajstić information content (AvgIpc) is 1.66. The van der Waals surface area contributed by atoms with Crippen LogP contribution in [0.2, 0.25) is 25.4 Å². The summed E-state index contributed by atoms with van der Waals surface area (Å²) in [6.45, 7) is 1.34. The third-order valence-electron chi connectivity index (χ3n) is 16.0. The summed E-state index contributed by atoms with van der Waals surface area (Å²) in [4.78, 5) is 25.7. The number of ether oxygens (including phenoxy) is 6. The van der Waals surface area contributed by atoms with Gasteiger partial charge in [0.05, 0.1) is 36.0 Å². The molecule has 0 aliphatic carbocycles. The van der Waals surface area contributed by atoms with Crippen LogP contribution in [0.5, 0.6) is 0 Å². The van der Waals surface area contributed by atoms with Crippen LogP contribution in [0.15, 0.2) is 92.2 Å². The van der Waals surface area contributed by atoms with Crippen LogP contribution in [0, 0.1) is 17.5 Å². The van der Waals surface area contributed by atoms with Crippen LogP contribution in [-0.4, -0.2) is 161 Å². The predicted octanol–water partition coefficient (Wildman–Crippen LogP) is 8.60. The molecule has 6 aromatic heterocycles. The van der Waals surface area contributed by atoms with Crippen LogP contribution in [0.4, 0.5) is 19.0 Å². The fraction of sp³-hybridized carbons (Fsp3) is 0.400. The molecule has 91 heavy (non-hydrogen) atoms. The van der Waals surface area contributed by atoms with E-state index < -0.39 is 109 Å². The highest BCUT2D eigenvalue weighted by molar-refractivity contribution is 6.34. The molecule has 31 heteroatoms. The maximum absolute atomic E-state index is 14.4. The molecule has 1 unspecified atom stereocenters. The maximum atomic E-state index is 14.4. The van der Waals surface area contributed by atoms with E-state index >= 15 is 0 Å². The minimum Gasteiger partial charge on any atom is -0.387 e. The van der Waals surface area contributed by atoms with Crippen molar-refractivity contribution in [1.29, 1.82) is 0 Å². The molecule has 12 heterocycles. The van der Waals surface area contributed by atoms with E-state index in [9.17, 15) is 48.9 Å². The number of nitrogens with zero attached hydrogens (tertiary/aromatic N) is 8. The number of nitrogens with one attached hydrogen (secondary N) is 1. The summed E-state index contributed by atoms with van der Waals surface area (Å²) in [5, 5.41) is 74.0. The molecule has 0 saturated carbocycles. The molecule has 23 nitrogen and oxygen atoms in total. The molecule has 488 valence electrons. The van der Waals surface area contributed by atoms with Gasteiger partial charge in [-0.3, -0.25) is 0 Å². The molecule has 0 bridgehead atoms. The number of halogens is 8. The van der Waals surface area contributed by atoms with E-state index in [1.54, 1.807) is 18.2 Å². The Kier molecular flexibility index (Phi) is 21.9. The quantitative estimate of drug-likeness (QED) is 0.0728. The lowest BCUT2D eigenvalue weighted by Crippen LogP contribution is -2.37. The highest BCUT2D eigenvalue weighted by Crippen LogP contribution is 2.45. The Hall–Kier alpha value is -5.96. The number of anilines is 1. The molecule has 0 amide bonds. The van der Waals surface area contributed by atoms with Crippen molar-refractivity contribution in [1.82, 2.24) is 44.0 Å². The zero-order valence-corrected chi connectivity index (χ0v) is 49.1. The minimum atomic E-state index is -1.39. The summed E-state index contributed by atoms with van der Waals surface area (Å²) in [5.74, 6) is -1.73. The summed E-state index contributed by atoms with van der Waals surface area (Å²) in [6, 6.07) is 16.3. The molecule has 0 spiro atoms. The Morgan fingerprint density at radius 3 is 1.31 bits per heavy atom. The third kappa shape index (κ3) is 13.3. The minimum absolute atomic E-state index is 0. The lowest BCUT2D eigenvalue weighted by Gasteiger charge is -2.31. The van der Waals surface area contributed by atoms with Gasteiger partial charge < -0.3 is 84.0 Å². The second kappa shape index (κ2) is 28.7. The van der Waals surface area contributed by atoms with Gasteiger partial charge in [0, 0.05) is 33.7 Å². The van der Waals surface area contributed by atoms with E-state index in [4.69, 9.17) is 92.2 Å². The number of aliphatic hydroxyl groups excluding tert-OH is 7. The number of fused-ring (bicyclic) bond motifs is 6. The van der Waals surface area contributed by atoms with Gasteiger partial charge in [0.15, 0.2) is 41.8 Å². The zero-order valence-electron chi connectivity index (χ0n) is 45.3. The van der Waals surface area contributed by atoms with E-state index in [2.05, 4.69) is 34.9 Å². The number of nitrogens with two attached hydrogens (primary N) is 1. The summed E-state index contributed by atoms with van der Waals surface area (Å²) >= 11 is 29.7.